The molecule has 0 fully saturated rings. The number of nitrogen functional groups attached to an aromatic ring is 1. The summed E-state index contributed by atoms with van der Waals surface area (Å²) in [6, 6.07) is 2.60. The predicted molar refractivity (Wildman–Crippen MR) is 46.8 cm³/mol. The molecule has 2 aromatic rings. The summed E-state index contributed by atoms with van der Waals surface area (Å²) in [7, 11) is 0. The summed E-state index contributed by atoms with van der Waals surface area (Å²) < 4.78 is 13.2. The number of nitrogens with one attached hydrogen (secondary N) is 2. The van der Waals surface area contributed by atoms with Crippen molar-refractivity contribution in [1.82, 2.24) is 20.4 Å². The lowest BCUT2D eigenvalue weighted by atomic mass is 10.3. The van der Waals surface area contributed by atoms with Gasteiger partial charge in [-0.15, -0.1) is 0 Å². The SMILES string of the molecule is Nc1n[nH]c(-c2ccc(=O)[nH]n2)c1F. The van der Waals surface area contributed by atoms with E-state index in [4.69, 9.17) is 5.73 Å². The van der Waals surface area contributed by atoms with Gasteiger partial charge >= 0.3 is 0 Å². The minimum absolute atomic E-state index is 0.0544. The van der Waals surface area contributed by atoms with E-state index in [1.54, 1.807) is 0 Å². The van der Waals surface area contributed by atoms with Gasteiger partial charge in [0.1, 0.15) is 11.4 Å². The lowest BCUT2D eigenvalue weighted by Gasteiger charge is -1.93. The van der Waals surface area contributed by atoms with Crippen LogP contribution in [0.5, 0.6) is 0 Å². The molecule has 4 N–H and O–H groups in total. The summed E-state index contributed by atoms with van der Waals surface area (Å²) in [5.74, 6) is -0.905. The molecular weight excluding hydrogens is 189 g/mol. The lowest BCUT2D eigenvalue weighted by Crippen LogP contribution is -2.06. The van der Waals surface area contributed by atoms with Crippen molar-refractivity contribution in [3.05, 3.63) is 28.3 Å². The van der Waals surface area contributed by atoms with Crippen LogP contribution in [0.1, 0.15) is 0 Å². The van der Waals surface area contributed by atoms with E-state index < -0.39 is 5.82 Å². The molecule has 0 atom stereocenters. The van der Waals surface area contributed by atoms with Gasteiger partial charge in [0.05, 0.1) is 0 Å². The first-order chi connectivity index (χ1) is 6.68. The Morgan fingerprint density at radius 1 is 1.29 bits per heavy atom. The first-order valence-corrected chi connectivity index (χ1v) is 3.74. The number of hydrogen-bond acceptors (Lipinski definition) is 4. The smallest absolute Gasteiger partial charge is 0.264 e. The Morgan fingerprint density at radius 2 is 2.07 bits per heavy atom. The highest BCUT2D eigenvalue weighted by molar-refractivity contribution is 5.58. The molecule has 0 radical (unpaired) electrons. The van der Waals surface area contributed by atoms with Crippen LogP contribution in [-0.4, -0.2) is 20.4 Å². The van der Waals surface area contributed by atoms with Crippen LogP contribution in [0.25, 0.3) is 11.4 Å². The van der Waals surface area contributed by atoms with Crippen LogP contribution in [-0.2, 0) is 0 Å². The van der Waals surface area contributed by atoms with Crippen LogP contribution >= 0.6 is 0 Å². The second-order valence-electron chi connectivity index (χ2n) is 2.60. The van der Waals surface area contributed by atoms with Gasteiger partial charge in [0.15, 0.2) is 11.6 Å². The Kier molecular flexibility index (Phi) is 1.77. The molecule has 2 rings (SSSR count). The number of halogens is 1. The number of rotatable bonds is 1. The first-order valence-electron chi connectivity index (χ1n) is 3.74. The second kappa shape index (κ2) is 2.95. The molecule has 72 valence electrons. The summed E-state index contributed by atoms with van der Waals surface area (Å²) in [6.07, 6.45) is 0. The standard InChI is InChI=1S/C7H6FN5O/c8-5-6(12-13-7(5)9)3-1-2-4(14)11-10-3/h1-2H,(H,11,14)(H3,9,12,13). The molecule has 0 aliphatic rings. The average molecular weight is 195 g/mol. The molecule has 0 bridgehead atoms. The predicted octanol–water partition coefficient (Wildman–Crippen LogP) is -0.119. The summed E-state index contributed by atoms with van der Waals surface area (Å²) in [4.78, 5) is 10.7. The molecule has 14 heavy (non-hydrogen) atoms. The molecule has 0 amide bonds. The van der Waals surface area contributed by atoms with E-state index in [1.807, 2.05) is 0 Å². The maximum atomic E-state index is 13.2. The van der Waals surface area contributed by atoms with E-state index in [1.165, 1.54) is 12.1 Å². The van der Waals surface area contributed by atoms with Crippen LogP contribution in [0.3, 0.4) is 0 Å². The van der Waals surface area contributed by atoms with E-state index >= 15 is 0 Å². The Balaban J connectivity index is 2.55. The maximum Gasteiger partial charge on any atom is 0.264 e. The summed E-state index contributed by atoms with van der Waals surface area (Å²) in [6.45, 7) is 0. The average Bonchev–Trinajstić information content (AvgIpc) is 2.50. The molecule has 0 unspecified atom stereocenters. The third-order valence-electron chi connectivity index (χ3n) is 1.67. The van der Waals surface area contributed by atoms with Crippen LogP contribution < -0.4 is 11.3 Å². The fourth-order valence-electron chi connectivity index (χ4n) is 0.996. The molecule has 0 aliphatic carbocycles. The van der Waals surface area contributed by atoms with Crippen molar-refractivity contribution in [3.8, 4) is 11.4 Å². The molecule has 6 nitrogen and oxygen atoms in total. The largest absolute Gasteiger partial charge is 0.380 e. The highest BCUT2D eigenvalue weighted by Crippen LogP contribution is 2.19. The highest BCUT2D eigenvalue weighted by Gasteiger charge is 2.12. The molecule has 0 saturated carbocycles. The molecular formula is C7H6FN5O. The first kappa shape index (κ1) is 8.42. The molecule has 2 aromatic heterocycles. The van der Waals surface area contributed by atoms with Crippen molar-refractivity contribution in [1.29, 1.82) is 0 Å². The van der Waals surface area contributed by atoms with Crippen molar-refractivity contribution in [2.75, 3.05) is 5.73 Å². The molecule has 2 heterocycles. The number of hydrogen-bond donors (Lipinski definition) is 3. The van der Waals surface area contributed by atoms with Crippen molar-refractivity contribution in [3.63, 3.8) is 0 Å². The van der Waals surface area contributed by atoms with Crippen LogP contribution in [0, 0.1) is 5.82 Å². The minimum atomic E-state index is -0.676. The van der Waals surface area contributed by atoms with Gasteiger partial charge in [-0.3, -0.25) is 9.89 Å². The Bertz CT molecular complexity index is 497. The Labute approximate surface area is 77.0 Å². The van der Waals surface area contributed by atoms with Gasteiger partial charge in [0, 0.05) is 6.07 Å². The van der Waals surface area contributed by atoms with Gasteiger partial charge in [-0.1, -0.05) is 0 Å². The van der Waals surface area contributed by atoms with E-state index in [0.717, 1.165) is 0 Å². The fraction of sp³-hybridized carbons (Fsp3) is 0. The summed E-state index contributed by atoms with van der Waals surface area (Å²) in [5.41, 5.74) is 5.13. The Hall–Kier alpha value is -2.18. The summed E-state index contributed by atoms with van der Waals surface area (Å²) in [5, 5.41) is 11.6. The minimum Gasteiger partial charge on any atom is -0.380 e. The second-order valence-corrected chi connectivity index (χ2v) is 2.60. The molecule has 0 aromatic carbocycles. The molecule has 0 saturated heterocycles. The van der Waals surface area contributed by atoms with Crippen molar-refractivity contribution < 1.29 is 4.39 Å². The molecule has 0 aliphatic heterocycles. The van der Waals surface area contributed by atoms with Gasteiger partial charge in [-0.05, 0) is 6.07 Å². The molecule has 7 heteroatoms. The van der Waals surface area contributed by atoms with Gasteiger partial charge in [0.2, 0.25) is 0 Å². The van der Waals surface area contributed by atoms with Crippen LogP contribution in [0.15, 0.2) is 16.9 Å². The van der Waals surface area contributed by atoms with Crippen LogP contribution in [0.2, 0.25) is 0 Å². The summed E-state index contributed by atoms with van der Waals surface area (Å²) >= 11 is 0. The van der Waals surface area contributed by atoms with Gasteiger partial charge in [-0.25, -0.2) is 9.49 Å². The third kappa shape index (κ3) is 1.24. The lowest BCUT2D eigenvalue weighted by molar-refractivity contribution is 0.635. The zero-order chi connectivity index (χ0) is 10.1. The number of nitrogens with zero attached hydrogens (tertiary/aromatic N) is 2. The normalized spacial score (nSPS) is 10.4. The zero-order valence-electron chi connectivity index (χ0n) is 6.91. The number of anilines is 1. The van der Waals surface area contributed by atoms with Crippen LogP contribution in [0.4, 0.5) is 10.2 Å². The van der Waals surface area contributed by atoms with Crippen molar-refractivity contribution >= 4 is 5.82 Å². The number of aromatic nitrogens is 4. The number of aromatic amines is 2. The monoisotopic (exact) mass is 195 g/mol. The molecule has 0 spiro atoms. The Morgan fingerprint density at radius 3 is 2.57 bits per heavy atom. The fourth-order valence-corrected chi connectivity index (χ4v) is 0.996. The van der Waals surface area contributed by atoms with E-state index in [9.17, 15) is 9.18 Å². The van der Waals surface area contributed by atoms with Crippen molar-refractivity contribution in [2.45, 2.75) is 0 Å². The van der Waals surface area contributed by atoms with Crippen molar-refractivity contribution in [2.24, 2.45) is 0 Å². The third-order valence-corrected chi connectivity index (χ3v) is 1.67. The zero-order valence-corrected chi connectivity index (χ0v) is 6.91. The van der Waals surface area contributed by atoms with Gasteiger partial charge < -0.3 is 5.73 Å². The highest BCUT2D eigenvalue weighted by atomic mass is 19.1. The number of H-pyrrole nitrogens is 2. The quantitative estimate of drug-likeness (QED) is 0.590. The van der Waals surface area contributed by atoms with E-state index in [2.05, 4.69) is 20.4 Å². The van der Waals surface area contributed by atoms with E-state index in [0.29, 0.717) is 0 Å². The topological polar surface area (TPSA) is 100 Å². The maximum absolute atomic E-state index is 13.2. The number of nitrogens with two attached hydrogens (primary N) is 1. The van der Waals surface area contributed by atoms with Gasteiger partial charge in [-0.2, -0.15) is 10.2 Å². The van der Waals surface area contributed by atoms with E-state index in [-0.39, 0.29) is 22.8 Å². The van der Waals surface area contributed by atoms with Gasteiger partial charge in [0.25, 0.3) is 5.56 Å².